The highest BCUT2D eigenvalue weighted by Gasteiger charge is 2.27. The highest BCUT2D eigenvalue weighted by Crippen LogP contribution is 2.11. The van der Waals surface area contributed by atoms with Gasteiger partial charge in [0, 0.05) is 6.04 Å². The van der Waals surface area contributed by atoms with Crippen molar-refractivity contribution in [3.63, 3.8) is 0 Å². The Hall–Kier alpha value is -1.67. The molecule has 0 bridgehead atoms. The van der Waals surface area contributed by atoms with E-state index in [4.69, 9.17) is 17.3 Å². The number of phenols is 1. The summed E-state index contributed by atoms with van der Waals surface area (Å²) in [7, 11) is -2.92. The van der Waals surface area contributed by atoms with E-state index in [1.54, 1.807) is 30.5 Å². The zero-order valence-corrected chi connectivity index (χ0v) is 12.2. The minimum atomic E-state index is -2.92. The van der Waals surface area contributed by atoms with Gasteiger partial charge in [0.15, 0.2) is 14.9 Å². The van der Waals surface area contributed by atoms with Crippen molar-refractivity contribution >= 4 is 33.4 Å². The second-order valence-corrected chi connectivity index (χ2v) is 7.17. The maximum Gasteiger partial charge on any atom is 0.187 e. The molecule has 108 valence electrons. The molecule has 1 aliphatic rings. The summed E-state index contributed by atoms with van der Waals surface area (Å²) in [6, 6.07) is 6.38. The van der Waals surface area contributed by atoms with Crippen LogP contribution in [0.1, 0.15) is 12.0 Å². The van der Waals surface area contributed by atoms with E-state index in [1.807, 2.05) is 0 Å². The van der Waals surface area contributed by atoms with Crippen molar-refractivity contribution < 1.29 is 13.5 Å². The summed E-state index contributed by atoms with van der Waals surface area (Å²) in [4.78, 5) is 0. The van der Waals surface area contributed by atoms with Gasteiger partial charge in [0.05, 0.1) is 17.7 Å². The molecule has 1 atom stereocenters. The first kappa shape index (κ1) is 14.7. The van der Waals surface area contributed by atoms with Gasteiger partial charge in [-0.25, -0.2) is 8.42 Å². The quantitative estimate of drug-likeness (QED) is 0.424. The van der Waals surface area contributed by atoms with Crippen LogP contribution in [0, 0.1) is 0 Å². The summed E-state index contributed by atoms with van der Waals surface area (Å²) in [5.74, 6) is 0.496. The van der Waals surface area contributed by atoms with E-state index in [-0.39, 0.29) is 23.3 Å². The standard InChI is InChI=1S/C12H15N3O3S2/c16-11-3-1-9(2-4-11)7-13-15-12(19)14-10-5-6-20(17,18)8-10/h1-4,7,10,16H,5-6,8H2,(H2,14,15,19)/b13-7+/t10-/m0/s1. The van der Waals surface area contributed by atoms with Crippen LogP contribution in [0.5, 0.6) is 5.75 Å². The Kier molecular flexibility index (Phi) is 4.56. The van der Waals surface area contributed by atoms with Crippen LogP contribution in [-0.4, -0.2) is 42.4 Å². The van der Waals surface area contributed by atoms with E-state index >= 15 is 0 Å². The van der Waals surface area contributed by atoms with Gasteiger partial charge in [0.1, 0.15) is 5.75 Å². The third-order valence-corrected chi connectivity index (χ3v) is 4.82. The number of nitrogens with one attached hydrogen (secondary N) is 2. The molecule has 6 nitrogen and oxygen atoms in total. The highest BCUT2D eigenvalue weighted by molar-refractivity contribution is 7.91. The van der Waals surface area contributed by atoms with Crippen LogP contribution < -0.4 is 10.7 Å². The van der Waals surface area contributed by atoms with Gasteiger partial charge in [-0.15, -0.1) is 0 Å². The molecule has 0 aromatic heterocycles. The lowest BCUT2D eigenvalue weighted by atomic mass is 10.2. The zero-order chi connectivity index (χ0) is 14.6. The second kappa shape index (κ2) is 6.19. The first-order valence-corrected chi connectivity index (χ1v) is 8.27. The molecule has 0 saturated carbocycles. The summed E-state index contributed by atoms with van der Waals surface area (Å²) in [5.41, 5.74) is 3.44. The number of rotatable bonds is 3. The first-order chi connectivity index (χ1) is 9.44. The van der Waals surface area contributed by atoms with Gasteiger partial charge in [0.2, 0.25) is 0 Å². The van der Waals surface area contributed by atoms with E-state index in [0.29, 0.717) is 11.5 Å². The third-order valence-electron chi connectivity index (χ3n) is 2.84. The number of nitrogens with zero attached hydrogens (tertiary/aromatic N) is 1. The average molecular weight is 313 g/mol. The van der Waals surface area contributed by atoms with Crippen LogP contribution in [0.15, 0.2) is 29.4 Å². The predicted molar refractivity (Wildman–Crippen MR) is 81.6 cm³/mol. The largest absolute Gasteiger partial charge is 0.508 e. The molecule has 1 fully saturated rings. The summed E-state index contributed by atoms with van der Waals surface area (Å²) >= 11 is 5.03. The maximum atomic E-state index is 11.3. The van der Waals surface area contributed by atoms with Crippen LogP contribution in [0.4, 0.5) is 0 Å². The smallest absolute Gasteiger partial charge is 0.187 e. The van der Waals surface area contributed by atoms with Gasteiger partial charge < -0.3 is 10.4 Å². The Morgan fingerprint density at radius 1 is 1.40 bits per heavy atom. The molecule has 0 amide bonds. The van der Waals surface area contributed by atoms with E-state index < -0.39 is 9.84 Å². The second-order valence-electron chi connectivity index (χ2n) is 4.53. The fourth-order valence-electron chi connectivity index (χ4n) is 1.85. The van der Waals surface area contributed by atoms with Gasteiger partial charge in [-0.05, 0) is 48.5 Å². The van der Waals surface area contributed by atoms with E-state index in [0.717, 1.165) is 5.56 Å². The van der Waals surface area contributed by atoms with Gasteiger partial charge in [-0.2, -0.15) is 5.10 Å². The number of thiocarbonyl (C=S) groups is 1. The molecule has 0 aliphatic carbocycles. The topological polar surface area (TPSA) is 90.8 Å². The number of aromatic hydroxyl groups is 1. The molecule has 0 radical (unpaired) electrons. The Morgan fingerprint density at radius 2 is 2.10 bits per heavy atom. The molecule has 1 saturated heterocycles. The number of hydrazone groups is 1. The maximum absolute atomic E-state index is 11.3. The van der Waals surface area contributed by atoms with Crippen molar-refractivity contribution in [3.05, 3.63) is 29.8 Å². The lowest BCUT2D eigenvalue weighted by Crippen LogP contribution is -2.40. The highest BCUT2D eigenvalue weighted by atomic mass is 32.2. The molecule has 20 heavy (non-hydrogen) atoms. The summed E-state index contributed by atoms with van der Waals surface area (Å²) < 4.78 is 22.6. The molecule has 1 aromatic carbocycles. The van der Waals surface area contributed by atoms with Crippen LogP contribution >= 0.6 is 12.2 Å². The van der Waals surface area contributed by atoms with Crippen LogP contribution in [0.25, 0.3) is 0 Å². The predicted octanol–water partition coefficient (Wildman–Crippen LogP) is 0.377. The minimum Gasteiger partial charge on any atom is -0.508 e. The Labute approximate surface area is 122 Å². The van der Waals surface area contributed by atoms with Crippen LogP contribution in [0.2, 0.25) is 0 Å². The SMILES string of the molecule is O=S1(=O)CC[C@H](NC(=S)N/N=C/c2ccc(O)cc2)C1. The molecule has 3 N–H and O–H groups in total. The van der Waals surface area contributed by atoms with Crippen LogP contribution in [0.3, 0.4) is 0 Å². The zero-order valence-electron chi connectivity index (χ0n) is 10.6. The van der Waals surface area contributed by atoms with Crippen LogP contribution in [-0.2, 0) is 9.84 Å². The van der Waals surface area contributed by atoms with Crippen molar-refractivity contribution in [1.82, 2.24) is 10.7 Å². The fourth-order valence-corrected chi connectivity index (χ4v) is 3.75. The molecule has 8 heteroatoms. The number of hydrogen-bond acceptors (Lipinski definition) is 5. The lowest BCUT2D eigenvalue weighted by molar-refractivity contribution is 0.475. The molecule has 0 spiro atoms. The number of sulfone groups is 1. The normalized spacial score (nSPS) is 20.9. The number of phenolic OH excluding ortho intramolecular Hbond substituents is 1. The van der Waals surface area contributed by atoms with E-state index in [1.165, 1.54) is 0 Å². The molecular weight excluding hydrogens is 298 g/mol. The molecule has 1 heterocycles. The molecule has 1 aromatic rings. The van der Waals surface area contributed by atoms with Gasteiger partial charge in [-0.3, -0.25) is 5.43 Å². The molecule has 0 unspecified atom stereocenters. The summed E-state index contributed by atoms with van der Waals surface area (Å²) in [5, 5.41) is 16.3. The summed E-state index contributed by atoms with van der Waals surface area (Å²) in [6.07, 6.45) is 2.12. The molecular formula is C12H15N3O3S2. The van der Waals surface area contributed by atoms with Crippen molar-refractivity contribution in [2.24, 2.45) is 5.10 Å². The van der Waals surface area contributed by atoms with Gasteiger partial charge in [0.25, 0.3) is 0 Å². The number of hydrogen-bond donors (Lipinski definition) is 3. The van der Waals surface area contributed by atoms with E-state index in [9.17, 15) is 8.42 Å². The Morgan fingerprint density at radius 3 is 2.70 bits per heavy atom. The van der Waals surface area contributed by atoms with E-state index in [2.05, 4.69) is 15.8 Å². The number of benzene rings is 1. The summed E-state index contributed by atoms with van der Waals surface area (Å²) in [6.45, 7) is 0. The van der Waals surface area contributed by atoms with Crippen molar-refractivity contribution in [1.29, 1.82) is 0 Å². The minimum absolute atomic E-state index is 0.108. The van der Waals surface area contributed by atoms with Crippen molar-refractivity contribution in [2.45, 2.75) is 12.5 Å². The first-order valence-electron chi connectivity index (χ1n) is 6.04. The molecule has 1 aliphatic heterocycles. The molecule has 2 rings (SSSR count). The lowest BCUT2D eigenvalue weighted by Gasteiger charge is -2.11. The Bertz CT molecular complexity index is 611. The van der Waals surface area contributed by atoms with Gasteiger partial charge in [-0.1, -0.05) is 0 Å². The average Bonchev–Trinajstić information content (AvgIpc) is 2.71. The van der Waals surface area contributed by atoms with Crippen molar-refractivity contribution in [3.8, 4) is 5.75 Å². The van der Waals surface area contributed by atoms with Crippen molar-refractivity contribution in [2.75, 3.05) is 11.5 Å². The fraction of sp³-hybridized carbons (Fsp3) is 0.333. The Balaban J connectivity index is 1.79. The monoisotopic (exact) mass is 313 g/mol. The van der Waals surface area contributed by atoms with Gasteiger partial charge >= 0.3 is 0 Å². The third kappa shape index (κ3) is 4.46.